The van der Waals surface area contributed by atoms with Gasteiger partial charge in [-0.3, -0.25) is 9.89 Å². The van der Waals surface area contributed by atoms with Crippen LogP contribution in [-0.2, 0) is 11.2 Å². The maximum absolute atomic E-state index is 11.7. The Kier molecular flexibility index (Phi) is 3.52. The van der Waals surface area contributed by atoms with E-state index < -0.39 is 6.04 Å². The largest absolute Gasteiger partial charge is 0.320 e. The molecule has 0 saturated heterocycles. The first kappa shape index (κ1) is 11.3. The fourth-order valence-corrected chi connectivity index (χ4v) is 1.51. The van der Waals surface area contributed by atoms with Crippen LogP contribution in [-0.4, -0.2) is 22.1 Å². The van der Waals surface area contributed by atoms with Gasteiger partial charge in [-0.2, -0.15) is 5.10 Å². The molecule has 0 bridgehead atoms. The molecule has 2 aromatic rings. The van der Waals surface area contributed by atoms with Crippen molar-refractivity contribution in [2.75, 3.05) is 5.32 Å². The number of rotatable bonds is 4. The van der Waals surface area contributed by atoms with Crippen molar-refractivity contribution >= 4 is 11.7 Å². The van der Waals surface area contributed by atoms with E-state index in [0.717, 1.165) is 5.56 Å². The Labute approximate surface area is 99.0 Å². The zero-order chi connectivity index (χ0) is 12.1. The van der Waals surface area contributed by atoms with Crippen molar-refractivity contribution in [2.24, 2.45) is 5.73 Å². The Balaban J connectivity index is 1.92. The van der Waals surface area contributed by atoms with Crippen LogP contribution >= 0.6 is 0 Å². The van der Waals surface area contributed by atoms with Crippen molar-refractivity contribution in [3.8, 4) is 0 Å². The summed E-state index contributed by atoms with van der Waals surface area (Å²) < 4.78 is 0. The first-order valence-corrected chi connectivity index (χ1v) is 5.35. The van der Waals surface area contributed by atoms with E-state index in [1.807, 2.05) is 30.3 Å². The smallest absolute Gasteiger partial charge is 0.242 e. The second-order valence-corrected chi connectivity index (χ2v) is 3.76. The molecule has 0 saturated carbocycles. The lowest BCUT2D eigenvalue weighted by molar-refractivity contribution is -0.117. The van der Waals surface area contributed by atoms with Crippen LogP contribution in [0.4, 0.5) is 5.82 Å². The molecular weight excluding hydrogens is 216 g/mol. The maximum Gasteiger partial charge on any atom is 0.242 e. The minimum atomic E-state index is -0.569. The number of nitrogens with two attached hydrogens (primary N) is 1. The molecule has 17 heavy (non-hydrogen) atoms. The molecule has 0 radical (unpaired) electrons. The van der Waals surface area contributed by atoms with Crippen molar-refractivity contribution in [3.63, 3.8) is 0 Å². The first-order chi connectivity index (χ1) is 8.25. The van der Waals surface area contributed by atoms with E-state index in [2.05, 4.69) is 15.5 Å². The summed E-state index contributed by atoms with van der Waals surface area (Å²) in [5, 5.41) is 9.05. The highest BCUT2D eigenvalue weighted by Gasteiger charge is 2.14. The number of anilines is 1. The van der Waals surface area contributed by atoms with Gasteiger partial charge in [0.05, 0.1) is 12.2 Å². The Morgan fingerprint density at radius 2 is 2.12 bits per heavy atom. The number of nitrogens with one attached hydrogen (secondary N) is 2. The number of benzene rings is 1. The lowest BCUT2D eigenvalue weighted by Crippen LogP contribution is -2.37. The van der Waals surface area contributed by atoms with Crippen LogP contribution in [0.3, 0.4) is 0 Å². The number of carbonyl (C=O) groups is 1. The Bertz CT molecular complexity index is 467. The number of hydrogen-bond donors (Lipinski definition) is 3. The van der Waals surface area contributed by atoms with E-state index in [0.29, 0.717) is 12.2 Å². The molecule has 0 unspecified atom stereocenters. The molecule has 0 aliphatic carbocycles. The molecule has 2 rings (SSSR count). The standard InChI is InChI=1S/C12H14N4O/c13-10(8-9-4-2-1-3-5-9)12(17)15-11-6-7-14-16-11/h1-7,10H,8,13H2,(H2,14,15,16,17)/t10-/m1/s1. The molecule has 0 aliphatic rings. The summed E-state index contributed by atoms with van der Waals surface area (Å²) in [6.07, 6.45) is 2.08. The number of hydrogen-bond acceptors (Lipinski definition) is 3. The topological polar surface area (TPSA) is 83.8 Å². The fraction of sp³-hybridized carbons (Fsp3) is 0.167. The van der Waals surface area contributed by atoms with Gasteiger partial charge in [0.1, 0.15) is 5.82 Å². The summed E-state index contributed by atoms with van der Waals surface area (Å²) in [5.74, 6) is 0.330. The summed E-state index contributed by atoms with van der Waals surface area (Å²) in [5.41, 5.74) is 6.86. The molecule has 1 heterocycles. The van der Waals surface area contributed by atoms with Crippen LogP contribution in [0.5, 0.6) is 0 Å². The SMILES string of the molecule is N[C@H](Cc1ccccc1)C(=O)Nc1ccn[nH]1. The third kappa shape index (κ3) is 3.15. The average Bonchev–Trinajstić information content (AvgIpc) is 2.83. The zero-order valence-electron chi connectivity index (χ0n) is 9.26. The van der Waals surface area contributed by atoms with Crippen molar-refractivity contribution in [3.05, 3.63) is 48.2 Å². The van der Waals surface area contributed by atoms with Gasteiger partial charge in [-0.25, -0.2) is 0 Å². The monoisotopic (exact) mass is 230 g/mol. The Morgan fingerprint density at radius 1 is 1.35 bits per heavy atom. The number of H-pyrrole nitrogens is 1. The van der Waals surface area contributed by atoms with Crippen LogP contribution in [0, 0.1) is 0 Å². The molecule has 0 aliphatic heterocycles. The maximum atomic E-state index is 11.7. The van der Waals surface area contributed by atoms with Gasteiger partial charge >= 0.3 is 0 Å². The summed E-state index contributed by atoms with van der Waals surface area (Å²) in [7, 11) is 0. The molecule has 1 amide bonds. The Hall–Kier alpha value is -2.14. The molecule has 4 N–H and O–H groups in total. The minimum absolute atomic E-state index is 0.224. The predicted molar refractivity (Wildman–Crippen MR) is 65.3 cm³/mol. The fourth-order valence-electron chi connectivity index (χ4n) is 1.51. The van der Waals surface area contributed by atoms with Crippen LogP contribution < -0.4 is 11.1 Å². The summed E-state index contributed by atoms with van der Waals surface area (Å²) >= 11 is 0. The molecule has 88 valence electrons. The van der Waals surface area contributed by atoms with Crippen molar-refractivity contribution < 1.29 is 4.79 Å². The van der Waals surface area contributed by atoms with E-state index in [1.165, 1.54) is 0 Å². The van der Waals surface area contributed by atoms with Gasteiger partial charge in [0.2, 0.25) is 5.91 Å². The first-order valence-electron chi connectivity index (χ1n) is 5.35. The minimum Gasteiger partial charge on any atom is -0.320 e. The second-order valence-electron chi connectivity index (χ2n) is 3.76. The highest BCUT2D eigenvalue weighted by molar-refractivity contribution is 5.93. The normalized spacial score (nSPS) is 12.1. The number of nitrogens with zero attached hydrogens (tertiary/aromatic N) is 1. The molecule has 1 aromatic carbocycles. The second kappa shape index (κ2) is 5.27. The third-order valence-electron chi connectivity index (χ3n) is 2.39. The molecule has 0 fully saturated rings. The summed E-state index contributed by atoms with van der Waals surface area (Å²) in [6, 6.07) is 10.8. The third-order valence-corrected chi connectivity index (χ3v) is 2.39. The average molecular weight is 230 g/mol. The van der Waals surface area contributed by atoms with Crippen molar-refractivity contribution in [1.29, 1.82) is 0 Å². The van der Waals surface area contributed by atoms with Gasteiger partial charge in [0, 0.05) is 6.07 Å². The van der Waals surface area contributed by atoms with Crippen LogP contribution in [0.2, 0.25) is 0 Å². The van der Waals surface area contributed by atoms with Gasteiger partial charge in [0.25, 0.3) is 0 Å². The molecule has 1 atom stereocenters. The number of aromatic nitrogens is 2. The van der Waals surface area contributed by atoms with E-state index in [-0.39, 0.29) is 5.91 Å². The van der Waals surface area contributed by atoms with E-state index in [4.69, 9.17) is 5.73 Å². The van der Waals surface area contributed by atoms with E-state index in [1.54, 1.807) is 12.3 Å². The summed E-state index contributed by atoms with van der Waals surface area (Å²) in [4.78, 5) is 11.7. The van der Waals surface area contributed by atoms with Gasteiger partial charge in [-0.15, -0.1) is 0 Å². The van der Waals surface area contributed by atoms with Gasteiger partial charge < -0.3 is 11.1 Å². The number of carbonyl (C=O) groups excluding carboxylic acids is 1. The zero-order valence-corrected chi connectivity index (χ0v) is 9.26. The highest BCUT2D eigenvalue weighted by atomic mass is 16.2. The highest BCUT2D eigenvalue weighted by Crippen LogP contribution is 2.04. The van der Waals surface area contributed by atoms with Gasteiger partial charge in [-0.1, -0.05) is 30.3 Å². The molecule has 5 heteroatoms. The van der Waals surface area contributed by atoms with Crippen molar-refractivity contribution in [1.82, 2.24) is 10.2 Å². The lowest BCUT2D eigenvalue weighted by Gasteiger charge is -2.10. The van der Waals surface area contributed by atoms with Crippen LogP contribution in [0.25, 0.3) is 0 Å². The summed E-state index contributed by atoms with van der Waals surface area (Å²) in [6.45, 7) is 0. The van der Waals surface area contributed by atoms with Crippen molar-refractivity contribution in [2.45, 2.75) is 12.5 Å². The number of amides is 1. The van der Waals surface area contributed by atoms with Gasteiger partial charge in [0.15, 0.2) is 0 Å². The van der Waals surface area contributed by atoms with Gasteiger partial charge in [-0.05, 0) is 12.0 Å². The molecule has 0 spiro atoms. The van der Waals surface area contributed by atoms with Crippen LogP contribution in [0.1, 0.15) is 5.56 Å². The Morgan fingerprint density at radius 3 is 2.76 bits per heavy atom. The molecular formula is C12H14N4O. The lowest BCUT2D eigenvalue weighted by atomic mass is 10.1. The van der Waals surface area contributed by atoms with E-state index in [9.17, 15) is 4.79 Å². The van der Waals surface area contributed by atoms with E-state index >= 15 is 0 Å². The van der Waals surface area contributed by atoms with Crippen LogP contribution in [0.15, 0.2) is 42.6 Å². The number of aromatic amines is 1. The molecule has 1 aromatic heterocycles. The quantitative estimate of drug-likeness (QED) is 0.730. The molecule has 5 nitrogen and oxygen atoms in total. The predicted octanol–water partition coefficient (Wildman–Crippen LogP) is 0.918.